The third kappa shape index (κ3) is 2.27. The second-order valence-corrected chi connectivity index (χ2v) is 5.48. The molecule has 0 aliphatic rings. The summed E-state index contributed by atoms with van der Waals surface area (Å²) < 4.78 is 21.8. The van der Waals surface area contributed by atoms with Gasteiger partial charge in [0, 0.05) is 15.7 Å². The zero-order chi connectivity index (χ0) is 10.2. The van der Waals surface area contributed by atoms with Crippen molar-refractivity contribution in [2.45, 2.75) is 11.8 Å². The van der Waals surface area contributed by atoms with Crippen LogP contribution in [0.4, 0.5) is 0 Å². The zero-order valence-corrected chi connectivity index (χ0v) is 8.91. The van der Waals surface area contributed by atoms with Crippen molar-refractivity contribution in [1.82, 2.24) is 0 Å². The smallest absolute Gasteiger partial charge is 0.265 e. The van der Waals surface area contributed by atoms with Gasteiger partial charge in [0.05, 0.1) is 0 Å². The van der Waals surface area contributed by atoms with Crippen LogP contribution in [0.25, 0.3) is 0 Å². The summed E-state index contributed by atoms with van der Waals surface area (Å²) in [5.41, 5.74) is 0.367. The molecule has 0 spiro atoms. The SMILES string of the molecule is Cc1cc(Cl)cc(S(=O)(=O)Cl)c1O. The molecule has 0 heterocycles. The lowest BCUT2D eigenvalue weighted by molar-refractivity contribution is 0.455. The molecular formula is C7H6Cl2O3S. The van der Waals surface area contributed by atoms with Gasteiger partial charge in [0.2, 0.25) is 0 Å². The fourth-order valence-corrected chi connectivity index (χ4v) is 2.24. The molecule has 0 radical (unpaired) electrons. The van der Waals surface area contributed by atoms with Gasteiger partial charge in [0.15, 0.2) is 0 Å². The Hall–Kier alpha value is -0.450. The topological polar surface area (TPSA) is 54.4 Å². The maximum atomic E-state index is 10.9. The molecule has 1 rings (SSSR count). The molecule has 0 fully saturated rings. The van der Waals surface area contributed by atoms with Crippen molar-refractivity contribution in [3.63, 3.8) is 0 Å². The van der Waals surface area contributed by atoms with Crippen LogP contribution >= 0.6 is 22.3 Å². The number of benzene rings is 1. The average Bonchev–Trinajstić information content (AvgIpc) is 1.94. The maximum Gasteiger partial charge on any atom is 0.265 e. The number of hydrogen-bond donors (Lipinski definition) is 1. The molecule has 0 amide bonds. The molecule has 0 saturated carbocycles. The van der Waals surface area contributed by atoms with E-state index in [0.29, 0.717) is 5.56 Å². The highest BCUT2D eigenvalue weighted by Gasteiger charge is 2.17. The predicted octanol–water partition coefficient (Wildman–Crippen LogP) is 2.28. The first kappa shape index (κ1) is 10.6. The monoisotopic (exact) mass is 240 g/mol. The molecular weight excluding hydrogens is 235 g/mol. The molecule has 0 unspecified atom stereocenters. The Labute approximate surface area is 85.3 Å². The van der Waals surface area contributed by atoms with Gasteiger partial charge in [0.1, 0.15) is 10.6 Å². The Morgan fingerprint density at radius 3 is 2.38 bits per heavy atom. The molecule has 0 saturated heterocycles. The fourth-order valence-electron chi connectivity index (χ4n) is 0.891. The third-order valence-corrected chi connectivity index (χ3v) is 3.05. The van der Waals surface area contributed by atoms with E-state index < -0.39 is 9.05 Å². The van der Waals surface area contributed by atoms with Crippen molar-refractivity contribution in [2.24, 2.45) is 0 Å². The summed E-state index contributed by atoms with van der Waals surface area (Å²) >= 11 is 5.59. The molecule has 6 heteroatoms. The Morgan fingerprint density at radius 1 is 1.38 bits per heavy atom. The van der Waals surface area contributed by atoms with Crippen molar-refractivity contribution in [1.29, 1.82) is 0 Å². The summed E-state index contributed by atoms with van der Waals surface area (Å²) in [5.74, 6) is -0.362. The minimum atomic E-state index is -3.94. The Bertz CT molecular complexity index is 439. The van der Waals surface area contributed by atoms with Crippen molar-refractivity contribution in [3.8, 4) is 5.75 Å². The van der Waals surface area contributed by atoms with E-state index in [0.717, 1.165) is 6.07 Å². The largest absolute Gasteiger partial charge is 0.506 e. The first-order valence-corrected chi connectivity index (χ1v) is 5.95. The molecule has 0 aromatic heterocycles. The van der Waals surface area contributed by atoms with Gasteiger partial charge in [0.25, 0.3) is 9.05 Å². The molecule has 0 aliphatic heterocycles. The van der Waals surface area contributed by atoms with Gasteiger partial charge in [-0.2, -0.15) is 0 Å². The molecule has 13 heavy (non-hydrogen) atoms. The standard InChI is InChI=1S/C7H6Cl2O3S/c1-4-2-5(8)3-6(7(4)10)13(9,11)12/h2-3,10H,1H3. The number of rotatable bonds is 1. The quantitative estimate of drug-likeness (QED) is 0.767. The second-order valence-electron chi connectivity index (χ2n) is 2.51. The van der Waals surface area contributed by atoms with Crippen LogP contribution in [0.1, 0.15) is 5.56 Å². The van der Waals surface area contributed by atoms with E-state index in [2.05, 4.69) is 0 Å². The minimum absolute atomic E-state index is 0.217. The summed E-state index contributed by atoms with van der Waals surface area (Å²) in [6.07, 6.45) is 0. The highest BCUT2D eigenvalue weighted by Crippen LogP contribution is 2.31. The summed E-state index contributed by atoms with van der Waals surface area (Å²) in [4.78, 5) is -0.362. The van der Waals surface area contributed by atoms with Crippen molar-refractivity contribution in [2.75, 3.05) is 0 Å². The molecule has 72 valence electrons. The Balaban J connectivity index is 3.56. The van der Waals surface area contributed by atoms with E-state index >= 15 is 0 Å². The predicted molar refractivity (Wildman–Crippen MR) is 50.9 cm³/mol. The van der Waals surface area contributed by atoms with E-state index in [1.54, 1.807) is 0 Å². The van der Waals surface area contributed by atoms with Crippen LogP contribution in [0.3, 0.4) is 0 Å². The van der Waals surface area contributed by atoms with Crippen LogP contribution in [0.15, 0.2) is 17.0 Å². The summed E-state index contributed by atoms with van der Waals surface area (Å²) in [5, 5.41) is 9.55. The Morgan fingerprint density at radius 2 is 1.92 bits per heavy atom. The minimum Gasteiger partial charge on any atom is -0.506 e. The molecule has 0 bridgehead atoms. The van der Waals surface area contributed by atoms with Crippen molar-refractivity contribution >= 4 is 31.3 Å². The van der Waals surface area contributed by atoms with Crippen LogP contribution in [0, 0.1) is 6.92 Å². The average molecular weight is 241 g/mol. The van der Waals surface area contributed by atoms with E-state index in [-0.39, 0.29) is 15.7 Å². The van der Waals surface area contributed by atoms with E-state index in [9.17, 15) is 13.5 Å². The second kappa shape index (κ2) is 3.36. The number of aryl methyl sites for hydroxylation is 1. The van der Waals surface area contributed by atoms with Gasteiger partial charge in [-0.05, 0) is 24.6 Å². The highest BCUT2D eigenvalue weighted by molar-refractivity contribution is 8.13. The molecule has 3 nitrogen and oxygen atoms in total. The van der Waals surface area contributed by atoms with Crippen LogP contribution in [0.2, 0.25) is 5.02 Å². The summed E-state index contributed by atoms with van der Waals surface area (Å²) in [6, 6.07) is 2.55. The highest BCUT2D eigenvalue weighted by atomic mass is 35.7. The van der Waals surface area contributed by atoms with Crippen LogP contribution in [-0.4, -0.2) is 13.5 Å². The van der Waals surface area contributed by atoms with Crippen molar-refractivity contribution < 1.29 is 13.5 Å². The van der Waals surface area contributed by atoms with Gasteiger partial charge >= 0.3 is 0 Å². The van der Waals surface area contributed by atoms with E-state index in [1.165, 1.54) is 13.0 Å². The normalized spacial score (nSPS) is 11.6. The van der Waals surface area contributed by atoms with Gasteiger partial charge in [-0.25, -0.2) is 8.42 Å². The molecule has 0 aliphatic carbocycles. The van der Waals surface area contributed by atoms with Crippen molar-refractivity contribution in [3.05, 3.63) is 22.7 Å². The first-order valence-electron chi connectivity index (χ1n) is 3.26. The number of phenols is 1. The number of phenolic OH excluding ortho intramolecular Hbond substituents is 1. The maximum absolute atomic E-state index is 10.9. The number of halogens is 2. The van der Waals surface area contributed by atoms with E-state index in [4.69, 9.17) is 22.3 Å². The molecule has 1 N–H and O–H groups in total. The lowest BCUT2D eigenvalue weighted by Crippen LogP contribution is -1.92. The third-order valence-electron chi connectivity index (χ3n) is 1.49. The summed E-state index contributed by atoms with van der Waals surface area (Å²) in [7, 11) is 1.12. The number of hydrogen-bond acceptors (Lipinski definition) is 3. The van der Waals surface area contributed by atoms with Crippen LogP contribution in [0.5, 0.6) is 5.75 Å². The molecule has 1 aromatic rings. The van der Waals surface area contributed by atoms with Gasteiger partial charge in [-0.15, -0.1) is 0 Å². The first-order chi connectivity index (χ1) is 5.82. The fraction of sp³-hybridized carbons (Fsp3) is 0.143. The molecule has 0 atom stereocenters. The lowest BCUT2D eigenvalue weighted by Gasteiger charge is -2.04. The van der Waals surface area contributed by atoms with Gasteiger partial charge in [-0.1, -0.05) is 11.6 Å². The van der Waals surface area contributed by atoms with Crippen LogP contribution in [-0.2, 0) is 9.05 Å². The number of aromatic hydroxyl groups is 1. The molecule has 1 aromatic carbocycles. The van der Waals surface area contributed by atoms with Gasteiger partial charge in [-0.3, -0.25) is 0 Å². The van der Waals surface area contributed by atoms with Crippen LogP contribution < -0.4 is 0 Å². The van der Waals surface area contributed by atoms with Gasteiger partial charge < -0.3 is 5.11 Å². The summed E-state index contributed by atoms with van der Waals surface area (Å²) in [6.45, 7) is 1.53. The van der Waals surface area contributed by atoms with E-state index in [1.807, 2.05) is 0 Å². The zero-order valence-electron chi connectivity index (χ0n) is 6.58. The lowest BCUT2D eigenvalue weighted by atomic mass is 10.2. The Kier molecular flexibility index (Phi) is 2.75.